The normalized spacial score (nSPS) is 15.0. The molecule has 1 aliphatic rings. The summed E-state index contributed by atoms with van der Waals surface area (Å²) >= 11 is 0. The van der Waals surface area contributed by atoms with Crippen molar-refractivity contribution in [1.82, 2.24) is 0 Å². The molecule has 0 N–H and O–H groups in total. The van der Waals surface area contributed by atoms with Crippen LogP contribution in [0.1, 0.15) is 25.0 Å². The van der Waals surface area contributed by atoms with Crippen molar-refractivity contribution in [2.24, 2.45) is 0 Å². The number of aryl methyl sites for hydroxylation is 1. The number of ether oxygens (including phenoxy) is 3. The van der Waals surface area contributed by atoms with Crippen LogP contribution in [-0.4, -0.2) is 32.7 Å². The van der Waals surface area contributed by atoms with Crippen molar-refractivity contribution in [3.63, 3.8) is 0 Å². The van der Waals surface area contributed by atoms with E-state index in [1.54, 1.807) is 45.2 Å². The van der Waals surface area contributed by atoms with Crippen molar-refractivity contribution >= 4 is 23.6 Å². The molecule has 0 fully saturated rings. The number of benzene rings is 2. The molecule has 0 aliphatic carbocycles. The molecule has 30 heavy (non-hydrogen) atoms. The van der Waals surface area contributed by atoms with E-state index in [1.165, 1.54) is 12.0 Å². The minimum atomic E-state index is -0.536. The predicted molar refractivity (Wildman–Crippen MR) is 116 cm³/mol. The maximum absolute atomic E-state index is 13.4. The summed E-state index contributed by atoms with van der Waals surface area (Å²) in [5, 5.41) is 0. The Hall–Kier alpha value is -3.54. The Kier molecular flexibility index (Phi) is 6.26. The molecule has 6 nitrogen and oxygen atoms in total. The maximum Gasteiger partial charge on any atom is 0.340 e. The first kappa shape index (κ1) is 21.2. The minimum Gasteiger partial charge on any atom is -0.493 e. The molecule has 2 aromatic carbocycles. The second-order valence-electron chi connectivity index (χ2n) is 6.80. The molecule has 3 rings (SSSR count). The summed E-state index contributed by atoms with van der Waals surface area (Å²) in [6, 6.07) is 12.9. The van der Waals surface area contributed by atoms with E-state index in [2.05, 4.69) is 0 Å². The third kappa shape index (κ3) is 3.81. The second-order valence-corrected chi connectivity index (χ2v) is 6.80. The first-order valence-corrected chi connectivity index (χ1v) is 9.65. The van der Waals surface area contributed by atoms with E-state index in [0.29, 0.717) is 28.4 Å². The molecule has 0 unspecified atom stereocenters. The van der Waals surface area contributed by atoms with E-state index < -0.39 is 5.97 Å². The lowest BCUT2D eigenvalue weighted by atomic mass is 10.0. The Morgan fingerprint density at radius 3 is 2.33 bits per heavy atom. The number of para-hydroxylation sites is 1. The highest BCUT2D eigenvalue weighted by Crippen LogP contribution is 2.38. The monoisotopic (exact) mass is 407 g/mol. The predicted octanol–water partition coefficient (Wildman–Crippen LogP) is 4.28. The van der Waals surface area contributed by atoms with Crippen molar-refractivity contribution < 1.29 is 23.8 Å². The van der Waals surface area contributed by atoms with Crippen LogP contribution in [0.2, 0.25) is 0 Å². The van der Waals surface area contributed by atoms with E-state index >= 15 is 0 Å². The summed E-state index contributed by atoms with van der Waals surface area (Å²) in [7, 11) is 3.07. The van der Waals surface area contributed by atoms with Crippen LogP contribution in [0.5, 0.6) is 11.5 Å². The Balaban J connectivity index is 2.18. The van der Waals surface area contributed by atoms with Gasteiger partial charge in [0, 0.05) is 16.9 Å². The van der Waals surface area contributed by atoms with Gasteiger partial charge < -0.3 is 14.2 Å². The first-order valence-electron chi connectivity index (χ1n) is 9.65. The Morgan fingerprint density at radius 1 is 1.03 bits per heavy atom. The Labute approximate surface area is 176 Å². The highest BCUT2D eigenvalue weighted by molar-refractivity contribution is 6.24. The average Bonchev–Trinajstić information content (AvgIpc) is 2.98. The van der Waals surface area contributed by atoms with Gasteiger partial charge in [0.15, 0.2) is 11.5 Å². The fraction of sp³-hybridized carbons (Fsp3) is 0.250. The van der Waals surface area contributed by atoms with Gasteiger partial charge in [0.2, 0.25) is 0 Å². The van der Waals surface area contributed by atoms with Gasteiger partial charge in [-0.3, -0.25) is 9.69 Å². The molecule has 0 atom stereocenters. The number of esters is 1. The minimum absolute atomic E-state index is 0.212. The summed E-state index contributed by atoms with van der Waals surface area (Å²) in [5.74, 6) is 0.177. The number of nitrogens with zero attached hydrogens (tertiary/aromatic N) is 1. The highest BCUT2D eigenvalue weighted by Gasteiger charge is 2.38. The zero-order valence-electron chi connectivity index (χ0n) is 17.8. The molecule has 156 valence electrons. The Bertz CT molecular complexity index is 1030. The van der Waals surface area contributed by atoms with Gasteiger partial charge in [0.1, 0.15) is 0 Å². The van der Waals surface area contributed by atoms with E-state index in [1.807, 2.05) is 31.2 Å². The van der Waals surface area contributed by atoms with E-state index in [-0.39, 0.29) is 23.7 Å². The number of hydrogen-bond donors (Lipinski definition) is 0. The summed E-state index contributed by atoms with van der Waals surface area (Å²) < 4.78 is 16.1. The van der Waals surface area contributed by atoms with Gasteiger partial charge >= 0.3 is 5.97 Å². The van der Waals surface area contributed by atoms with Gasteiger partial charge in [-0.15, -0.1) is 0 Å². The van der Waals surface area contributed by atoms with Crippen LogP contribution >= 0.6 is 0 Å². The number of carbonyl (C=O) groups is 2. The molecule has 0 aromatic heterocycles. The van der Waals surface area contributed by atoms with Gasteiger partial charge in [0.05, 0.1) is 32.0 Å². The quantitative estimate of drug-likeness (QED) is 0.528. The number of amides is 1. The summed E-state index contributed by atoms with van der Waals surface area (Å²) in [6.45, 7) is 5.66. The SMILES string of the molecule is CCOC(=O)C1=C(C)N(c2ccc(C)cc2)C(=O)C1=Cc1cccc(OC)c1OC. The van der Waals surface area contributed by atoms with E-state index in [0.717, 1.165) is 5.56 Å². The third-order valence-corrected chi connectivity index (χ3v) is 4.91. The van der Waals surface area contributed by atoms with E-state index in [4.69, 9.17) is 14.2 Å². The molecule has 1 amide bonds. The van der Waals surface area contributed by atoms with E-state index in [9.17, 15) is 9.59 Å². The van der Waals surface area contributed by atoms with Gasteiger partial charge in [0.25, 0.3) is 5.91 Å². The number of methoxy groups -OCH3 is 2. The zero-order chi connectivity index (χ0) is 21.8. The molecule has 1 aliphatic heterocycles. The van der Waals surface area contributed by atoms with Crippen LogP contribution in [-0.2, 0) is 14.3 Å². The molecule has 0 saturated carbocycles. The average molecular weight is 407 g/mol. The fourth-order valence-electron chi connectivity index (χ4n) is 3.47. The van der Waals surface area contributed by atoms with Gasteiger partial charge in [-0.25, -0.2) is 4.79 Å². The first-order chi connectivity index (χ1) is 14.4. The number of allylic oxidation sites excluding steroid dienone is 1. The lowest BCUT2D eigenvalue weighted by Crippen LogP contribution is -2.24. The van der Waals surface area contributed by atoms with Gasteiger partial charge in [-0.2, -0.15) is 0 Å². The fourth-order valence-corrected chi connectivity index (χ4v) is 3.47. The van der Waals surface area contributed by atoms with Crippen LogP contribution in [0.25, 0.3) is 6.08 Å². The Morgan fingerprint density at radius 2 is 1.73 bits per heavy atom. The topological polar surface area (TPSA) is 65.1 Å². The van der Waals surface area contributed by atoms with Gasteiger partial charge in [-0.05, 0) is 45.0 Å². The number of carbonyl (C=O) groups excluding carboxylic acids is 2. The molecule has 2 aromatic rings. The molecule has 6 heteroatoms. The molecule has 0 radical (unpaired) electrons. The van der Waals surface area contributed by atoms with Crippen molar-refractivity contribution in [1.29, 1.82) is 0 Å². The third-order valence-electron chi connectivity index (χ3n) is 4.91. The van der Waals surface area contributed by atoms with Crippen LogP contribution in [0.3, 0.4) is 0 Å². The molecule has 0 bridgehead atoms. The van der Waals surface area contributed by atoms with Crippen molar-refractivity contribution in [2.75, 3.05) is 25.7 Å². The van der Waals surface area contributed by atoms with Crippen molar-refractivity contribution in [3.05, 3.63) is 70.4 Å². The highest BCUT2D eigenvalue weighted by atomic mass is 16.5. The number of rotatable bonds is 6. The maximum atomic E-state index is 13.4. The summed E-state index contributed by atoms with van der Waals surface area (Å²) in [5.41, 5.74) is 3.40. The largest absolute Gasteiger partial charge is 0.493 e. The van der Waals surface area contributed by atoms with Crippen molar-refractivity contribution in [3.8, 4) is 11.5 Å². The van der Waals surface area contributed by atoms with Crippen LogP contribution in [0, 0.1) is 6.92 Å². The molecular weight excluding hydrogens is 382 g/mol. The molecular formula is C24H25NO5. The molecule has 0 spiro atoms. The lowest BCUT2D eigenvalue weighted by Gasteiger charge is -2.18. The zero-order valence-corrected chi connectivity index (χ0v) is 17.8. The smallest absolute Gasteiger partial charge is 0.340 e. The molecule has 1 heterocycles. The standard InChI is InChI=1S/C24H25NO5/c1-6-30-24(27)21-16(3)25(18-12-10-15(2)11-13-18)23(26)19(21)14-17-8-7-9-20(28-4)22(17)29-5/h7-14H,6H2,1-5H3. The van der Waals surface area contributed by atoms with Crippen LogP contribution in [0.15, 0.2) is 59.3 Å². The number of hydrogen-bond acceptors (Lipinski definition) is 5. The summed E-state index contributed by atoms with van der Waals surface area (Å²) in [4.78, 5) is 27.7. The van der Waals surface area contributed by atoms with Crippen LogP contribution < -0.4 is 14.4 Å². The second kappa shape index (κ2) is 8.86. The molecule has 0 saturated heterocycles. The summed E-state index contributed by atoms with van der Waals surface area (Å²) in [6.07, 6.45) is 1.65. The van der Waals surface area contributed by atoms with Crippen LogP contribution in [0.4, 0.5) is 5.69 Å². The van der Waals surface area contributed by atoms with Gasteiger partial charge in [-0.1, -0.05) is 29.8 Å². The van der Waals surface area contributed by atoms with Crippen molar-refractivity contribution in [2.45, 2.75) is 20.8 Å². The lowest BCUT2D eigenvalue weighted by molar-refractivity contribution is -0.138. The number of anilines is 1.